The van der Waals surface area contributed by atoms with Crippen LogP contribution in [0.3, 0.4) is 0 Å². The van der Waals surface area contributed by atoms with Crippen molar-refractivity contribution in [2.75, 3.05) is 7.11 Å². The molecule has 88 valence electrons. The maximum absolute atomic E-state index is 6.12. The van der Waals surface area contributed by atoms with Gasteiger partial charge in [0.05, 0.1) is 7.11 Å². The number of methoxy groups -OCH3 is 1. The van der Waals surface area contributed by atoms with Gasteiger partial charge >= 0.3 is 0 Å². The van der Waals surface area contributed by atoms with Crippen molar-refractivity contribution in [2.24, 2.45) is 5.73 Å². The van der Waals surface area contributed by atoms with Gasteiger partial charge in [-0.3, -0.25) is 0 Å². The van der Waals surface area contributed by atoms with E-state index < -0.39 is 0 Å². The average molecular weight is 284 g/mol. The van der Waals surface area contributed by atoms with Gasteiger partial charge in [0.1, 0.15) is 5.75 Å². The van der Waals surface area contributed by atoms with E-state index in [1.807, 2.05) is 6.07 Å². The van der Waals surface area contributed by atoms with Crippen LogP contribution in [0, 0.1) is 6.92 Å². The van der Waals surface area contributed by atoms with Gasteiger partial charge in [-0.15, -0.1) is 0 Å². The fourth-order valence-electron chi connectivity index (χ4n) is 1.93. The molecule has 0 spiro atoms. The predicted octanol–water partition coefficient (Wildman–Crippen LogP) is 3.19. The molecular formula is C13H18BrNO. The average Bonchev–Trinajstić information content (AvgIpc) is 2.99. The second kappa shape index (κ2) is 4.38. The summed E-state index contributed by atoms with van der Waals surface area (Å²) in [6.07, 6.45) is 4.37. The Morgan fingerprint density at radius 2 is 2.12 bits per heavy atom. The molecule has 1 aliphatic carbocycles. The van der Waals surface area contributed by atoms with E-state index >= 15 is 0 Å². The monoisotopic (exact) mass is 283 g/mol. The zero-order chi connectivity index (χ0) is 11.8. The lowest BCUT2D eigenvalue weighted by Gasteiger charge is -2.14. The van der Waals surface area contributed by atoms with Crippen LogP contribution >= 0.6 is 15.9 Å². The number of rotatable bonds is 4. The molecule has 2 rings (SSSR count). The SMILES string of the molecule is COc1ccc(C)c(Br)c1CCC1(N)CC1. The lowest BCUT2D eigenvalue weighted by Crippen LogP contribution is -2.22. The smallest absolute Gasteiger partial charge is 0.123 e. The molecule has 0 bridgehead atoms. The van der Waals surface area contributed by atoms with Gasteiger partial charge in [0, 0.05) is 15.6 Å². The predicted molar refractivity (Wildman–Crippen MR) is 69.9 cm³/mol. The Morgan fingerprint density at radius 3 is 2.69 bits per heavy atom. The van der Waals surface area contributed by atoms with E-state index in [4.69, 9.17) is 10.5 Å². The van der Waals surface area contributed by atoms with Crippen LogP contribution in [0.15, 0.2) is 16.6 Å². The lowest BCUT2D eigenvalue weighted by atomic mass is 10.0. The van der Waals surface area contributed by atoms with E-state index in [0.29, 0.717) is 0 Å². The highest BCUT2D eigenvalue weighted by Crippen LogP contribution is 2.39. The van der Waals surface area contributed by atoms with Crippen molar-refractivity contribution in [3.63, 3.8) is 0 Å². The Kier molecular flexibility index (Phi) is 3.27. The normalized spacial score (nSPS) is 17.2. The van der Waals surface area contributed by atoms with Gasteiger partial charge in [-0.1, -0.05) is 22.0 Å². The summed E-state index contributed by atoms with van der Waals surface area (Å²) >= 11 is 3.64. The maximum atomic E-state index is 6.12. The molecule has 2 nitrogen and oxygen atoms in total. The molecule has 0 heterocycles. The lowest BCUT2D eigenvalue weighted by molar-refractivity contribution is 0.407. The van der Waals surface area contributed by atoms with Crippen molar-refractivity contribution in [1.29, 1.82) is 0 Å². The molecule has 16 heavy (non-hydrogen) atoms. The van der Waals surface area contributed by atoms with E-state index in [2.05, 4.69) is 28.9 Å². The number of hydrogen-bond acceptors (Lipinski definition) is 2. The fourth-order valence-corrected chi connectivity index (χ4v) is 2.46. The van der Waals surface area contributed by atoms with Gasteiger partial charge in [-0.05, 0) is 44.2 Å². The van der Waals surface area contributed by atoms with Gasteiger partial charge in [0.2, 0.25) is 0 Å². The van der Waals surface area contributed by atoms with Crippen molar-refractivity contribution in [3.8, 4) is 5.75 Å². The number of halogens is 1. The Morgan fingerprint density at radius 1 is 1.44 bits per heavy atom. The molecule has 0 unspecified atom stereocenters. The number of benzene rings is 1. The summed E-state index contributed by atoms with van der Waals surface area (Å²) in [5.41, 5.74) is 8.72. The van der Waals surface area contributed by atoms with E-state index in [0.717, 1.165) is 23.1 Å². The van der Waals surface area contributed by atoms with E-state index in [-0.39, 0.29) is 5.54 Å². The van der Waals surface area contributed by atoms with Crippen molar-refractivity contribution in [2.45, 2.75) is 38.1 Å². The standard InChI is InChI=1S/C13H18BrNO/c1-9-3-4-11(16-2)10(12(9)14)5-6-13(15)7-8-13/h3-4H,5-8,15H2,1-2H3. The third-order valence-corrected chi connectivity index (χ3v) is 4.48. The summed E-state index contributed by atoms with van der Waals surface area (Å²) in [6.45, 7) is 2.10. The zero-order valence-electron chi connectivity index (χ0n) is 9.85. The molecule has 1 aromatic rings. The molecule has 0 atom stereocenters. The van der Waals surface area contributed by atoms with Crippen LogP contribution in [0.25, 0.3) is 0 Å². The summed E-state index contributed by atoms with van der Waals surface area (Å²) in [7, 11) is 1.72. The summed E-state index contributed by atoms with van der Waals surface area (Å²) < 4.78 is 6.56. The number of ether oxygens (including phenoxy) is 1. The van der Waals surface area contributed by atoms with Crippen molar-refractivity contribution in [1.82, 2.24) is 0 Å². The molecule has 1 aromatic carbocycles. The third-order valence-electron chi connectivity index (χ3n) is 3.38. The second-order valence-corrected chi connectivity index (χ2v) is 5.53. The maximum Gasteiger partial charge on any atom is 0.123 e. The fraction of sp³-hybridized carbons (Fsp3) is 0.538. The molecule has 1 aliphatic rings. The second-order valence-electron chi connectivity index (χ2n) is 4.74. The molecule has 0 aromatic heterocycles. The quantitative estimate of drug-likeness (QED) is 0.921. The summed E-state index contributed by atoms with van der Waals surface area (Å²) in [5, 5.41) is 0. The van der Waals surface area contributed by atoms with Crippen LogP contribution in [0.1, 0.15) is 30.4 Å². The molecular weight excluding hydrogens is 266 g/mol. The minimum Gasteiger partial charge on any atom is -0.496 e. The van der Waals surface area contributed by atoms with E-state index in [9.17, 15) is 0 Å². The third kappa shape index (κ3) is 2.41. The van der Waals surface area contributed by atoms with Crippen LogP contribution in [-0.2, 0) is 6.42 Å². The van der Waals surface area contributed by atoms with Crippen molar-refractivity contribution < 1.29 is 4.74 Å². The summed E-state index contributed by atoms with van der Waals surface area (Å²) in [6, 6.07) is 4.10. The highest BCUT2D eigenvalue weighted by molar-refractivity contribution is 9.10. The molecule has 1 fully saturated rings. The Hall–Kier alpha value is -0.540. The summed E-state index contributed by atoms with van der Waals surface area (Å²) in [4.78, 5) is 0. The van der Waals surface area contributed by atoms with Gasteiger partial charge in [0.15, 0.2) is 0 Å². The first-order valence-electron chi connectivity index (χ1n) is 5.66. The number of aryl methyl sites for hydroxylation is 1. The highest BCUT2D eigenvalue weighted by Gasteiger charge is 2.37. The molecule has 3 heteroatoms. The molecule has 0 saturated heterocycles. The molecule has 0 aliphatic heterocycles. The molecule has 0 radical (unpaired) electrons. The first-order chi connectivity index (χ1) is 7.56. The number of nitrogens with two attached hydrogens (primary N) is 1. The van der Waals surface area contributed by atoms with Crippen molar-refractivity contribution >= 4 is 15.9 Å². The largest absolute Gasteiger partial charge is 0.496 e. The minimum atomic E-state index is 0.105. The van der Waals surface area contributed by atoms with E-state index in [1.165, 1.54) is 24.0 Å². The van der Waals surface area contributed by atoms with Gasteiger partial charge in [-0.2, -0.15) is 0 Å². The first-order valence-corrected chi connectivity index (χ1v) is 6.46. The Balaban J connectivity index is 2.19. The topological polar surface area (TPSA) is 35.2 Å². The van der Waals surface area contributed by atoms with Crippen LogP contribution in [-0.4, -0.2) is 12.6 Å². The van der Waals surface area contributed by atoms with Crippen LogP contribution in [0.4, 0.5) is 0 Å². The van der Waals surface area contributed by atoms with Crippen molar-refractivity contribution in [3.05, 3.63) is 27.7 Å². The van der Waals surface area contributed by atoms with Gasteiger partial charge in [-0.25, -0.2) is 0 Å². The molecule has 1 saturated carbocycles. The Bertz CT molecular complexity index is 399. The van der Waals surface area contributed by atoms with Crippen LogP contribution in [0.2, 0.25) is 0 Å². The number of hydrogen-bond donors (Lipinski definition) is 1. The zero-order valence-corrected chi connectivity index (χ0v) is 11.4. The minimum absolute atomic E-state index is 0.105. The van der Waals surface area contributed by atoms with Crippen LogP contribution < -0.4 is 10.5 Å². The van der Waals surface area contributed by atoms with Crippen LogP contribution in [0.5, 0.6) is 5.75 Å². The molecule has 0 amide bonds. The van der Waals surface area contributed by atoms with E-state index in [1.54, 1.807) is 7.11 Å². The van der Waals surface area contributed by atoms with Gasteiger partial charge < -0.3 is 10.5 Å². The van der Waals surface area contributed by atoms with Gasteiger partial charge in [0.25, 0.3) is 0 Å². The highest BCUT2D eigenvalue weighted by atomic mass is 79.9. The summed E-state index contributed by atoms with van der Waals surface area (Å²) in [5.74, 6) is 0.960. The molecule has 2 N–H and O–H groups in total. The Labute approximate surface area is 105 Å². The first kappa shape index (κ1) is 11.9.